The van der Waals surface area contributed by atoms with Crippen molar-refractivity contribution < 1.29 is 14.3 Å². The summed E-state index contributed by atoms with van der Waals surface area (Å²) in [6.45, 7) is 0. The lowest BCUT2D eigenvalue weighted by molar-refractivity contribution is -0.120. The molecule has 0 saturated heterocycles. The third-order valence-electron chi connectivity index (χ3n) is 7.49. The number of nitrogens with one attached hydrogen (secondary N) is 3. The van der Waals surface area contributed by atoms with Crippen molar-refractivity contribution in [1.29, 1.82) is 0 Å². The van der Waals surface area contributed by atoms with Gasteiger partial charge in [-0.05, 0) is 54.8 Å². The van der Waals surface area contributed by atoms with E-state index in [1.54, 1.807) is 24.7 Å². The second kappa shape index (κ2) is 10.1. The second-order valence-electron chi connectivity index (χ2n) is 10.3. The van der Waals surface area contributed by atoms with Crippen molar-refractivity contribution in [3.8, 4) is 39.7 Å². The standard InChI is InChI=1S/C30H25FN8O2/c31-19-10-17(12-21(40)13-19)22-8-9-33-28-25(22)36-29(37-28)27-26-24(38-39-27)7-6-23(35-26)18-11-20(15-32-14-18)34-30(41)16-4-2-1-3-5-16/h6-16,40H,1-5H2,(H,34,41)(H,38,39)(H,33,36,37). The molecule has 1 saturated carbocycles. The number of aromatic amines is 2. The Balaban J connectivity index is 1.23. The number of rotatable bonds is 5. The number of hydrogen-bond acceptors (Lipinski definition) is 7. The van der Waals surface area contributed by atoms with Crippen molar-refractivity contribution in [3.05, 3.63) is 66.9 Å². The molecule has 5 heterocycles. The number of hydrogen-bond donors (Lipinski definition) is 4. The Bertz CT molecular complexity index is 1900. The maximum absolute atomic E-state index is 14.0. The monoisotopic (exact) mass is 548 g/mol. The summed E-state index contributed by atoms with van der Waals surface area (Å²) < 4.78 is 14.0. The number of aromatic hydroxyl groups is 1. The van der Waals surface area contributed by atoms with Gasteiger partial charge in [0, 0.05) is 35.5 Å². The van der Waals surface area contributed by atoms with Crippen LogP contribution in [0.25, 0.3) is 56.1 Å². The predicted octanol–water partition coefficient (Wildman–Crippen LogP) is 5.99. The Kier molecular flexibility index (Phi) is 6.11. The number of fused-ring (bicyclic) bond motifs is 2. The smallest absolute Gasteiger partial charge is 0.227 e. The van der Waals surface area contributed by atoms with Gasteiger partial charge >= 0.3 is 0 Å². The van der Waals surface area contributed by atoms with Gasteiger partial charge in [-0.25, -0.2) is 19.3 Å². The van der Waals surface area contributed by atoms with Crippen molar-refractivity contribution in [3.63, 3.8) is 0 Å². The molecule has 10 nitrogen and oxygen atoms in total. The molecule has 1 aliphatic carbocycles. The van der Waals surface area contributed by atoms with E-state index in [9.17, 15) is 14.3 Å². The molecule has 0 unspecified atom stereocenters. The van der Waals surface area contributed by atoms with E-state index in [0.717, 1.165) is 37.3 Å². The lowest BCUT2D eigenvalue weighted by Gasteiger charge is -2.20. The second-order valence-corrected chi connectivity index (χ2v) is 10.3. The van der Waals surface area contributed by atoms with Crippen molar-refractivity contribution in [1.82, 2.24) is 35.1 Å². The average molecular weight is 549 g/mol. The lowest BCUT2D eigenvalue weighted by atomic mass is 9.88. The summed E-state index contributed by atoms with van der Waals surface area (Å²) in [5, 5.41) is 20.4. The van der Waals surface area contributed by atoms with Gasteiger partial charge in [-0.2, -0.15) is 5.10 Å². The van der Waals surface area contributed by atoms with E-state index < -0.39 is 5.82 Å². The van der Waals surface area contributed by atoms with Crippen LogP contribution in [-0.4, -0.2) is 46.1 Å². The highest BCUT2D eigenvalue weighted by molar-refractivity contribution is 5.95. The van der Waals surface area contributed by atoms with E-state index in [4.69, 9.17) is 9.97 Å². The minimum absolute atomic E-state index is 0.0375. The molecule has 41 heavy (non-hydrogen) atoms. The Morgan fingerprint density at radius 1 is 0.976 bits per heavy atom. The van der Waals surface area contributed by atoms with Gasteiger partial charge in [0.05, 0.1) is 23.1 Å². The van der Waals surface area contributed by atoms with Gasteiger partial charge < -0.3 is 15.4 Å². The summed E-state index contributed by atoms with van der Waals surface area (Å²) in [7, 11) is 0. The molecule has 1 amide bonds. The van der Waals surface area contributed by atoms with Gasteiger partial charge in [0.2, 0.25) is 5.91 Å². The molecule has 0 bridgehead atoms. The number of benzene rings is 1. The number of pyridine rings is 3. The number of aromatic nitrogens is 7. The van der Waals surface area contributed by atoms with Crippen molar-refractivity contribution in [2.75, 3.05) is 5.32 Å². The molecule has 1 aliphatic rings. The van der Waals surface area contributed by atoms with E-state index >= 15 is 0 Å². The molecular weight excluding hydrogens is 523 g/mol. The summed E-state index contributed by atoms with van der Waals surface area (Å²) in [4.78, 5) is 34.3. The van der Waals surface area contributed by atoms with Crippen LogP contribution in [0.1, 0.15) is 32.1 Å². The largest absolute Gasteiger partial charge is 0.508 e. The molecule has 11 heteroatoms. The maximum atomic E-state index is 14.0. The van der Waals surface area contributed by atoms with Gasteiger partial charge in [0.15, 0.2) is 17.2 Å². The van der Waals surface area contributed by atoms with Crippen LogP contribution in [0, 0.1) is 11.7 Å². The van der Waals surface area contributed by atoms with E-state index in [-0.39, 0.29) is 17.6 Å². The Morgan fingerprint density at radius 2 is 1.85 bits per heavy atom. The van der Waals surface area contributed by atoms with Crippen LogP contribution in [0.5, 0.6) is 5.75 Å². The summed E-state index contributed by atoms with van der Waals surface area (Å²) in [6.07, 6.45) is 10.1. The molecule has 0 spiro atoms. The minimum Gasteiger partial charge on any atom is -0.508 e. The molecule has 4 N–H and O–H groups in total. The number of anilines is 1. The summed E-state index contributed by atoms with van der Waals surface area (Å²) >= 11 is 0. The normalized spacial score (nSPS) is 14.1. The van der Waals surface area contributed by atoms with Crippen molar-refractivity contribution >= 4 is 33.8 Å². The summed E-state index contributed by atoms with van der Waals surface area (Å²) in [6, 6.07) is 11.2. The fourth-order valence-corrected chi connectivity index (χ4v) is 5.47. The number of carbonyl (C=O) groups is 1. The van der Waals surface area contributed by atoms with Crippen LogP contribution in [0.15, 0.2) is 61.1 Å². The summed E-state index contributed by atoms with van der Waals surface area (Å²) in [5.41, 5.74) is 5.90. The molecule has 204 valence electrons. The van der Waals surface area contributed by atoms with Gasteiger partial charge in [-0.15, -0.1) is 0 Å². The molecule has 6 aromatic rings. The van der Waals surface area contributed by atoms with Gasteiger partial charge in [-0.3, -0.25) is 14.9 Å². The SMILES string of the molecule is O=C(Nc1cncc(-c2ccc3[nH]nc(-c4nc5c(-c6cc(O)cc(F)c6)ccnc5[nH]4)c3n2)c1)C1CCCCC1. The lowest BCUT2D eigenvalue weighted by Crippen LogP contribution is -2.24. The number of halogens is 1. The van der Waals surface area contributed by atoms with Crippen molar-refractivity contribution in [2.45, 2.75) is 32.1 Å². The van der Waals surface area contributed by atoms with Crippen LogP contribution in [0.3, 0.4) is 0 Å². The highest BCUT2D eigenvalue weighted by Crippen LogP contribution is 2.33. The fraction of sp³-hybridized carbons (Fsp3) is 0.200. The van der Waals surface area contributed by atoms with Crippen molar-refractivity contribution in [2.24, 2.45) is 5.92 Å². The first-order chi connectivity index (χ1) is 20.0. The number of phenolic OH excluding ortho intramolecular Hbond substituents is 1. The Hall–Kier alpha value is -5.19. The number of imidazole rings is 1. The average Bonchev–Trinajstić information content (AvgIpc) is 3.61. The number of nitrogens with zero attached hydrogens (tertiary/aromatic N) is 5. The first kappa shape index (κ1) is 24.8. The van der Waals surface area contributed by atoms with Gasteiger partial charge in [0.25, 0.3) is 0 Å². The highest BCUT2D eigenvalue weighted by atomic mass is 19.1. The van der Waals surface area contributed by atoms with Gasteiger partial charge in [0.1, 0.15) is 22.6 Å². The molecule has 0 radical (unpaired) electrons. The molecule has 7 rings (SSSR count). The number of phenols is 1. The maximum Gasteiger partial charge on any atom is 0.227 e. The first-order valence-electron chi connectivity index (χ1n) is 13.5. The predicted molar refractivity (Wildman–Crippen MR) is 152 cm³/mol. The first-order valence-corrected chi connectivity index (χ1v) is 13.5. The van der Waals surface area contributed by atoms with E-state index in [2.05, 4.69) is 30.5 Å². The Morgan fingerprint density at radius 3 is 2.71 bits per heavy atom. The topological polar surface area (TPSA) is 145 Å². The fourth-order valence-electron chi connectivity index (χ4n) is 5.47. The molecule has 5 aromatic heterocycles. The molecule has 0 atom stereocenters. The molecular formula is C30H25FN8O2. The van der Waals surface area contributed by atoms with Crippen LogP contribution < -0.4 is 5.32 Å². The van der Waals surface area contributed by atoms with E-state index in [1.165, 1.54) is 18.6 Å². The van der Waals surface area contributed by atoms with Crippen LogP contribution in [0.4, 0.5) is 10.1 Å². The van der Waals surface area contributed by atoms with Gasteiger partial charge in [-0.1, -0.05) is 19.3 Å². The molecule has 1 aromatic carbocycles. The number of amides is 1. The van der Waals surface area contributed by atoms with Crippen LogP contribution in [-0.2, 0) is 4.79 Å². The Labute approximate surface area is 233 Å². The number of H-pyrrole nitrogens is 2. The molecule has 0 aliphatic heterocycles. The molecule has 1 fully saturated rings. The van der Waals surface area contributed by atoms with Crippen LogP contribution in [0.2, 0.25) is 0 Å². The number of carbonyl (C=O) groups excluding carboxylic acids is 1. The zero-order valence-electron chi connectivity index (χ0n) is 21.9. The summed E-state index contributed by atoms with van der Waals surface area (Å²) in [5.74, 6) is -0.217. The quantitative estimate of drug-likeness (QED) is 0.207. The van der Waals surface area contributed by atoms with E-state index in [0.29, 0.717) is 56.2 Å². The van der Waals surface area contributed by atoms with E-state index in [1.807, 2.05) is 18.2 Å². The van der Waals surface area contributed by atoms with Crippen LogP contribution >= 0.6 is 0 Å². The minimum atomic E-state index is -0.553. The zero-order valence-corrected chi connectivity index (χ0v) is 21.9. The zero-order chi connectivity index (χ0) is 27.9. The third-order valence-corrected chi connectivity index (χ3v) is 7.49. The highest BCUT2D eigenvalue weighted by Gasteiger charge is 2.22. The third kappa shape index (κ3) is 4.75.